The summed E-state index contributed by atoms with van der Waals surface area (Å²) in [5.41, 5.74) is 2.59. The fraction of sp³-hybridized carbons (Fsp3) is 0.286. The van der Waals surface area contributed by atoms with Gasteiger partial charge in [0.2, 0.25) is 5.91 Å². The van der Waals surface area contributed by atoms with Gasteiger partial charge in [-0.25, -0.2) is 4.79 Å². The molecule has 2 saturated heterocycles. The molecule has 7 nitrogen and oxygen atoms in total. The Bertz CT molecular complexity index is 910. The van der Waals surface area contributed by atoms with E-state index in [-0.39, 0.29) is 30.4 Å². The van der Waals surface area contributed by atoms with E-state index in [2.05, 4.69) is 5.32 Å². The predicted octanol–water partition coefficient (Wildman–Crippen LogP) is 2.13. The van der Waals surface area contributed by atoms with Crippen molar-refractivity contribution < 1.29 is 19.1 Å². The van der Waals surface area contributed by atoms with Crippen LogP contribution in [0.1, 0.15) is 16.8 Å². The lowest BCUT2D eigenvalue weighted by Crippen LogP contribution is -2.42. The van der Waals surface area contributed by atoms with Crippen LogP contribution in [0.25, 0.3) is 11.1 Å². The summed E-state index contributed by atoms with van der Waals surface area (Å²) >= 11 is 0. The van der Waals surface area contributed by atoms with Crippen LogP contribution >= 0.6 is 0 Å². The fourth-order valence-electron chi connectivity index (χ4n) is 3.73. The van der Waals surface area contributed by atoms with Gasteiger partial charge >= 0.3 is 6.03 Å². The number of nitrogens with zero attached hydrogens (tertiary/aromatic N) is 2. The molecule has 0 radical (unpaired) electrons. The Morgan fingerprint density at radius 2 is 1.89 bits per heavy atom. The van der Waals surface area contributed by atoms with Crippen LogP contribution < -0.4 is 10.1 Å². The molecule has 0 spiro atoms. The molecule has 7 heteroatoms. The third kappa shape index (κ3) is 3.31. The van der Waals surface area contributed by atoms with Crippen LogP contribution in [0.15, 0.2) is 48.5 Å². The van der Waals surface area contributed by atoms with Crippen LogP contribution in [0.4, 0.5) is 4.79 Å². The van der Waals surface area contributed by atoms with Crippen LogP contribution in [0.3, 0.4) is 0 Å². The summed E-state index contributed by atoms with van der Waals surface area (Å²) in [5.74, 6) is 0.458. The Labute approximate surface area is 162 Å². The first kappa shape index (κ1) is 18.0. The zero-order valence-corrected chi connectivity index (χ0v) is 15.6. The van der Waals surface area contributed by atoms with Gasteiger partial charge in [-0.3, -0.25) is 14.5 Å². The average molecular weight is 379 g/mol. The Balaban J connectivity index is 1.45. The SMILES string of the molecule is COc1cccc(-c2ccc(C(=O)N3CC[C@@H](N4C(=O)CNC4=O)C3)cc2)c1. The van der Waals surface area contributed by atoms with Crippen LogP contribution in [0, 0.1) is 0 Å². The largest absolute Gasteiger partial charge is 0.497 e. The molecule has 0 saturated carbocycles. The molecule has 4 rings (SSSR count). The number of methoxy groups -OCH3 is 1. The molecular formula is C21H21N3O4. The molecule has 2 aliphatic heterocycles. The first-order chi connectivity index (χ1) is 13.6. The predicted molar refractivity (Wildman–Crippen MR) is 103 cm³/mol. The monoisotopic (exact) mass is 379 g/mol. The molecule has 2 aromatic carbocycles. The molecule has 1 N–H and O–H groups in total. The molecular weight excluding hydrogens is 358 g/mol. The summed E-state index contributed by atoms with van der Waals surface area (Å²) in [6, 6.07) is 14.5. The highest BCUT2D eigenvalue weighted by Crippen LogP contribution is 2.25. The van der Waals surface area contributed by atoms with Crippen LogP contribution in [0.2, 0.25) is 0 Å². The third-order valence-electron chi connectivity index (χ3n) is 5.23. The minimum Gasteiger partial charge on any atom is -0.497 e. The molecule has 2 aliphatic rings. The fourth-order valence-corrected chi connectivity index (χ4v) is 3.73. The number of ether oxygens (including phenoxy) is 1. The second-order valence-electron chi connectivity index (χ2n) is 6.93. The average Bonchev–Trinajstić information content (AvgIpc) is 3.34. The van der Waals surface area contributed by atoms with Crippen molar-refractivity contribution >= 4 is 17.8 Å². The summed E-state index contributed by atoms with van der Waals surface area (Å²) < 4.78 is 5.26. The highest BCUT2D eigenvalue weighted by atomic mass is 16.5. The van der Waals surface area contributed by atoms with Crippen molar-refractivity contribution in [3.63, 3.8) is 0 Å². The van der Waals surface area contributed by atoms with E-state index in [0.717, 1.165) is 16.9 Å². The number of nitrogens with one attached hydrogen (secondary N) is 1. The topological polar surface area (TPSA) is 79.0 Å². The van der Waals surface area contributed by atoms with E-state index in [1.807, 2.05) is 36.4 Å². The maximum Gasteiger partial charge on any atom is 0.324 e. The van der Waals surface area contributed by atoms with E-state index in [1.54, 1.807) is 24.1 Å². The molecule has 0 bridgehead atoms. The van der Waals surface area contributed by atoms with Gasteiger partial charge in [-0.15, -0.1) is 0 Å². The first-order valence-corrected chi connectivity index (χ1v) is 9.20. The minimum atomic E-state index is -0.369. The van der Waals surface area contributed by atoms with Crippen LogP contribution in [-0.4, -0.2) is 60.4 Å². The molecule has 28 heavy (non-hydrogen) atoms. The first-order valence-electron chi connectivity index (χ1n) is 9.20. The van der Waals surface area contributed by atoms with Crippen molar-refractivity contribution in [2.75, 3.05) is 26.7 Å². The van der Waals surface area contributed by atoms with Gasteiger partial charge < -0.3 is 15.0 Å². The van der Waals surface area contributed by atoms with Crippen molar-refractivity contribution in [2.45, 2.75) is 12.5 Å². The van der Waals surface area contributed by atoms with Gasteiger partial charge in [-0.2, -0.15) is 0 Å². The lowest BCUT2D eigenvalue weighted by molar-refractivity contribution is -0.126. The van der Waals surface area contributed by atoms with Gasteiger partial charge in [0.15, 0.2) is 0 Å². The van der Waals surface area contributed by atoms with Gasteiger partial charge in [0.1, 0.15) is 5.75 Å². The summed E-state index contributed by atoms with van der Waals surface area (Å²) in [6.07, 6.45) is 0.604. The third-order valence-corrected chi connectivity index (χ3v) is 5.23. The number of imide groups is 1. The van der Waals surface area contributed by atoms with E-state index >= 15 is 0 Å². The normalized spacial score (nSPS) is 19.1. The molecule has 0 unspecified atom stereocenters. The number of rotatable bonds is 4. The van der Waals surface area contributed by atoms with Gasteiger partial charge in [-0.05, 0) is 41.8 Å². The van der Waals surface area contributed by atoms with Crippen molar-refractivity contribution in [3.8, 4) is 16.9 Å². The van der Waals surface area contributed by atoms with E-state index in [0.29, 0.717) is 25.1 Å². The number of hydrogen-bond donors (Lipinski definition) is 1. The molecule has 4 amide bonds. The standard InChI is InChI=1S/C21H21N3O4/c1-28-18-4-2-3-16(11-18)14-5-7-15(8-6-14)20(26)23-10-9-17(13-23)24-19(25)12-22-21(24)27/h2-8,11,17H,9-10,12-13H2,1H3,(H,22,27)/t17-/m1/s1. The molecule has 2 fully saturated rings. The van der Waals surface area contributed by atoms with E-state index in [4.69, 9.17) is 4.74 Å². The number of amides is 4. The van der Waals surface area contributed by atoms with Gasteiger partial charge in [0.25, 0.3) is 5.91 Å². The number of carbonyl (C=O) groups excluding carboxylic acids is 3. The minimum absolute atomic E-state index is 0.0367. The molecule has 0 aromatic heterocycles. The maximum atomic E-state index is 12.8. The zero-order chi connectivity index (χ0) is 19.7. The van der Waals surface area contributed by atoms with Gasteiger partial charge in [0, 0.05) is 18.7 Å². The van der Waals surface area contributed by atoms with E-state index in [9.17, 15) is 14.4 Å². The van der Waals surface area contributed by atoms with E-state index in [1.165, 1.54) is 4.90 Å². The van der Waals surface area contributed by atoms with Crippen molar-refractivity contribution in [2.24, 2.45) is 0 Å². The Morgan fingerprint density at radius 3 is 2.57 bits per heavy atom. The van der Waals surface area contributed by atoms with Crippen molar-refractivity contribution in [1.82, 2.24) is 15.1 Å². The lowest BCUT2D eigenvalue weighted by atomic mass is 10.0. The highest BCUT2D eigenvalue weighted by Gasteiger charge is 2.39. The molecule has 1 atom stereocenters. The second kappa shape index (κ2) is 7.34. The summed E-state index contributed by atoms with van der Waals surface area (Å²) in [4.78, 5) is 39.5. The van der Waals surface area contributed by atoms with Gasteiger partial charge in [0.05, 0.1) is 19.7 Å². The molecule has 2 aromatic rings. The maximum absolute atomic E-state index is 12.8. The number of hydrogen-bond acceptors (Lipinski definition) is 4. The Morgan fingerprint density at radius 1 is 1.11 bits per heavy atom. The quantitative estimate of drug-likeness (QED) is 0.826. The summed E-state index contributed by atoms with van der Waals surface area (Å²) in [7, 11) is 1.63. The summed E-state index contributed by atoms with van der Waals surface area (Å²) in [6.45, 7) is 0.933. The Hall–Kier alpha value is -3.35. The number of carbonyl (C=O) groups is 3. The molecule has 144 valence electrons. The van der Waals surface area contributed by atoms with E-state index < -0.39 is 0 Å². The molecule has 2 heterocycles. The van der Waals surface area contributed by atoms with Gasteiger partial charge in [-0.1, -0.05) is 24.3 Å². The number of likely N-dealkylation sites (tertiary alicyclic amines) is 1. The van der Waals surface area contributed by atoms with Crippen molar-refractivity contribution in [1.29, 1.82) is 0 Å². The molecule has 0 aliphatic carbocycles. The second-order valence-corrected chi connectivity index (χ2v) is 6.93. The zero-order valence-electron chi connectivity index (χ0n) is 15.6. The highest BCUT2D eigenvalue weighted by molar-refractivity contribution is 6.02. The Kier molecular flexibility index (Phi) is 4.73. The smallest absolute Gasteiger partial charge is 0.324 e. The lowest BCUT2D eigenvalue weighted by Gasteiger charge is -2.21. The van der Waals surface area contributed by atoms with Crippen LogP contribution in [0.5, 0.6) is 5.75 Å². The van der Waals surface area contributed by atoms with Crippen LogP contribution in [-0.2, 0) is 4.79 Å². The van der Waals surface area contributed by atoms with Crippen molar-refractivity contribution in [3.05, 3.63) is 54.1 Å². The number of benzene rings is 2. The summed E-state index contributed by atoms with van der Waals surface area (Å²) in [5, 5.41) is 2.53. The number of urea groups is 1.